The number of rotatable bonds is 5. The van der Waals surface area contributed by atoms with Gasteiger partial charge in [-0.15, -0.1) is 0 Å². The van der Waals surface area contributed by atoms with Gasteiger partial charge in [-0.05, 0) is 43.6 Å². The van der Waals surface area contributed by atoms with Crippen LogP contribution in [-0.4, -0.2) is 36.6 Å². The summed E-state index contributed by atoms with van der Waals surface area (Å²) < 4.78 is 0. The smallest absolute Gasteiger partial charge is 0.0191 e. The zero-order valence-electron chi connectivity index (χ0n) is 8.01. The summed E-state index contributed by atoms with van der Waals surface area (Å²) in [5.74, 6) is 4.96. The fraction of sp³-hybridized carbons (Fsp3) is 1.00. The lowest BCUT2D eigenvalue weighted by Gasteiger charge is -2.17. The topological polar surface area (TPSA) is 12.0 Å². The van der Waals surface area contributed by atoms with Crippen LogP contribution < -0.4 is 5.32 Å². The first-order valence-corrected chi connectivity index (χ1v) is 7.17. The maximum Gasteiger partial charge on any atom is 0.0191 e. The summed E-state index contributed by atoms with van der Waals surface area (Å²) in [5, 5.41) is 3.41. The molecule has 3 heteroatoms. The highest BCUT2D eigenvalue weighted by Gasteiger charge is 2.25. The molecule has 1 nitrogen and oxygen atoms in total. The summed E-state index contributed by atoms with van der Waals surface area (Å²) in [7, 11) is 2.10. The molecule has 0 aliphatic carbocycles. The molecule has 12 heavy (non-hydrogen) atoms. The highest BCUT2D eigenvalue weighted by molar-refractivity contribution is 7.99. The second-order valence-electron chi connectivity index (χ2n) is 3.33. The Labute approximate surface area is 84.4 Å². The Morgan fingerprint density at radius 2 is 2.33 bits per heavy atom. The van der Waals surface area contributed by atoms with Gasteiger partial charge in [0.25, 0.3) is 0 Å². The minimum atomic E-state index is 0.789. The van der Waals surface area contributed by atoms with Gasteiger partial charge in [0.2, 0.25) is 0 Å². The molecule has 0 amide bonds. The molecule has 0 saturated carbocycles. The van der Waals surface area contributed by atoms with E-state index in [0.717, 1.165) is 12.0 Å². The van der Waals surface area contributed by atoms with Gasteiger partial charge in [-0.2, -0.15) is 23.5 Å². The van der Waals surface area contributed by atoms with Crippen LogP contribution in [0.1, 0.15) is 12.8 Å². The lowest BCUT2D eigenvalue weighted by atomic mass is 9.99. The van der Waals surface area contributed by atoms with Crippen LogP contribution in [0.2, 0.25) is 0 Å². The van der Waals surface area contributed by atoms with Crippen molar-refractivity contribution in [1.82, 2.24) is 5.32 Å². The standard InChI is InChI=1S/C9H19NS2/c1-10-9-7-12-6-8(9)4-3-5-11-2/h8-10H,3-7H2,1-2H3. The highest BCUT2D eigenvalue weighted by atomic mass is 32.2. The van der Waals surface area contributed by atoms with Crippen LogP contribution in [0.25, 0.3) is 0 Å². The van der Waals surface area contributed by atoms with Gasteiger partial charge in [0.1, 0.15) is 0 Å². The number of thioether (sulfide) groups is 2. The summed E-state index contributed by atoms with van der Waals surface area (Å²) >= 11 is 4.07. The molecule has 0 bridgehead atoms. The Kier molecular flexibility index (Phi) is 5.52. The van der Waals surface area contributed by atoms with E-state index in [9.17, 15) is 0 Å². The molecule has 0 aromatic heterocycles. The van der Waals surface area contributed by atoms with Gasteiger partial charge in [-0.3, -0.25) is 0 Å². The van der Waals surface area contributed by atoms with Crippen molar-refractivity contribution in [3.8, 4) is 0 Å². The van der Waals surface area contributed by atoms with E-state index >= 15 is 0 Å². The third kappa shape index (κ3) is 3.19. The third-order valence-electron chi connectivity index (χ3n) is 2.49. The van der Waals surface area contributed by atoms with Crippen LogP contribution in [0.3, 0.4) is 0 Å². The van der Waals surface area contributed by atoms with Crippen LogP contribution in [0.5, 0.6) is 0 Å². The molecule has 0 radical (unpaired) electrons. The minimum absolute atomic E-state index is 0.789. The Hall–Kier alpha value is 0.660. The van der Waals surface area contributed by atoms with Crippen molar-refractivity contribution in [1.29, 1.82) is 0 Å². The lowest BCUT2D eigenvalue weighted by Crippen LogP contribution is -2.32. The summed E-state index contributed by atoms with van der Waals surface area (Å²) in [6.45, 7) is 0. The second-order valence-corrected chi connectivity index (χ2v) is 5.39. The SMILES string of the molecule is CNC1CSCC1CCCSC. The summed E-state index contributed by atoms with van der Waals surface area (Å²) in [4.78, 5) is 0. The van der Waals surface area contributed by atoms with E-state index in [-0.39, 0.29) is 0 Å². The van der Waals surface area contributed by atoms with Crippen molar-refractivity contribution in [2.45, 2.75) is 18.9 Å². The first kappa shape index (κ1) is 10.7. The van der Waals surface area contributed by atoms with Gasteiger partial charge in [-0.1, -0.05) is 0 Å². The fourth-order valence-corrected chi connectivity index (χ4v) is 3.68. The van der Waals surface area contributed by atoms with Crippen LogP contribution >= 0.6 is 23.5 Å². The molecule has 1 saturated heterocycles. The van der Waals surface area contributed by atoms with Gasteiger partial charge in [0.05, 0.1) is 0 Å². The number of hydrogen-bond acceptors (Lipinski definition) is 3. The molecule has 1 aliphatic heterocycles. The summed E-state index contributed by atoms with van der Waals surface area (Å²) in [6.07, 6.45) is 5.00. The second kappa shape index (κ2) is 6.17. The minimum Gasteiger partial charge on any atom is -0.316 e. The zero-order valence-corrected chi connectivity index (χ0v) is 9.64. The maximum absolute atomic E-state index is 3.41. The largest absolute Gasteiger partial charge is 0.316 e. The van der Waals surface area contributed by atoms with E-state index in [1.54, 1.807) is 0 Å². The molecule has 1 heterocycles. The molecule has 1 N–H and O–H groups in total. The molecule has 2 atom stereocenters. The van der Waals surface area contributed by atoms with Gasteiger partial charge < -0.3 is 5.32 Å². The Balaban J connectivity index is 2.12. The first-order chi connectivity index (χ1) is 5.88. The molecular weight excluding hydrogens is 186 g/mol. The highest BCUT2D eigenvalue weighted by Crippen LogP contribution is 2.27. The van der Waals surface area contributed by atoms with Gasteiger partial charge in [0, 0.05) is 11.8 Å². The summed E-state index contributed by atoms with van der Waals surface area (Å²) in [6, 6.07) is 0.789. The van der Waals surface area contributed by atoms with E-state index in [4.69, 9.17) is 0 Å². The average molecular weight is 205 g/mol. The van der Waals surface area contributed by atoms with Crippen molar-refractivity contribution in [3.63, 3.8) is 0 Å². The Bertz CT molecular complexity index is 119. The summed E-state index contributed by atoms with van der Waals surface area (Å²) in [5.41, 5.74) is 0. The van der Waals surface area contributed by atoms with Crippen LogP contribution in [0, 0.1) is 5.92 Å². The predicted molar refractivity (Wildman–Crippen MR) is 61.3 cm³/mol. The molecule has 1 rings (SSSR count). The monoisotopic (exact) mass is 205 g/mol. The van der Waals surface area contributed by atoms with Crippen LogP contribution in [0.15, 0.2) is 0 Å². The van der Waals surface area contributed by atoms with E-state index in [2.05, 4.69) is 30.4 Å². The van der Waals surface area contributed by atoms with Crippen molar-refractivity contribution in [2.75, 3.05) is 30.6 Å². The van der Waals surface area contributed by atoms with E-state index in [1.807, 2.05) is 11.8 Å². The fourth-order valence-electron chi connectivity index (χ4n) is 1.69. The van der Waals surface area contributed by atoms with E-state index < -0.39 is 0 Å². The van der Waals surface area contributed by atoms with Gasteiger partial charge in [-0.25, -0.2) is 0 Å². The molecule has 2 unspecified atom stereocenters. The lowest BCUT2D eigenvalue weighted by molar-refractivity contribution is 0.426. The molecule has 72 valence electrons. The Morgan fingerprint density at radius 1 is 1.50 bits per heavy atom. The van der Waals surface area contributed by atoms with Crippen molar-refractivity contribution in [3.05, 3.63) is 0 Å². The van der Waals surface area contributed by atoms with Crippen molar-refractivity contribution < 1.29 is 0 Å². The molecule has 0 spiro atoms. The van der Waals surface area contributed by atoms with Crippen LogP contribution in [0.4, 0.5) is 0 Å². The normalized spacial score (nSPS) is 29.5. The molecule has 0 aromatic rings. The molecule has 0 aromatic carbocycles. The third-order valence-corrected chi connectivity index (χ3v) is 4.45. The van der Waals surface area contributed by atoms with Gasteiger partial charge in [0.15, 0.2) is 0 Å². The molecule has 1 aliphatic rings. The van der Waals surface area contributed by atoms with Crippen LogP contribution in [-0.2, 0) is 0 Å². The molecule has 1 fully saturated rings. The first-order valence-electron chi connectivity index (χ1n) is 4.62. The quantitative estimate of drug-likeness (QED) is 0.690. The van der Waals surface area contributed by atoms with Crippen molar-refractivity contribution >= 4 is 23.5 Å². The van der Waals surface area contributed by atoms with E-state index in [1.165, 1.54) is 30.1 Å². The zero-order chi connectivity index (χ0) is 8.81. The molecular formula is C9H19NS2. The average Bonchev–Trinajstić information content (AvgIpc) is 2.52. The maximum atomic E-state index is 3.41. The predicted octanol–water partition coefficient (Wildman–Crippen LogP) is 2.08. The van der Waals surface area contributed by atoms with Gasteiger partial charge >= 0.3 is 0 Å². The number of nitrogens with one attached hydrogen (secondary N) is 1. The van der Waals surface area contributed by atoms with E-state index in [0.29, 0.717) is 0 Å². The van der Waals surface area contributed by atoms with Crippen molar-refractivity contribution in [2.24, 2.45) is 5.92 Å². The Morgan fingerprint density at radius 3 is 3.00 bits per heavy atom. The number of hydrogen-bond donors (Lipinski definition) is 1.